The minimum absolute atomic E-state index is 0.167. The molecule has 0 atom stereocenters. The second-order valence-corrected chi connectivity index (χ2v) is 6.45. The lowest BCUT2D eigenvalue weighted by Crippen LogP contribution is -2.20. The first-order valence-electron chi connectivity index (χ1n) is 9.39. The van der Waals surface area contributed by atoms with Crippen LogP contribution in [0.4, 0.5) is 5.69 Å². The molecule has 1 N–H and O–H groups in total. The van der Waals surface area contributed by atoms with Crippen LogP contribution in [0.3, 0.4) is 0 Å². The van der Waals surface area contributed by atoms with Gasteiger partial charge >= 0.3 is 6.01 Å². The topological polar surface area (TPSA) is 82.6 Å². The highest BCUT2D eigenvalue weighted by Crippen LogP contribution is 2.26. The fraction of sp³-hybridized carbons (Fsp3) is 0.174. The van der Waals surface area contributed by atoms with Gasteiger partial charge in [0, 0.05) is 23.1 Å². The van der Waals surface area contributed by atoms with Crippen molar-refractivity contribution in [1.82, 2.24) is 9.97 Å². The molecule has 7 heteroatoms. The third kappa shape index (κ3) is 6.07. The first-order chi connectivity index (χ1) is 14.5. The Balaban J connectivity index is 1.59. The quantitative estimate of drug-likeness (QED) is 0.529. The monoisotopic (exact) mass is 405 g/mol. The minimum Gasteiger partial charge on any atom is -0.486 e. The van der Waals surface area contributed by atoms with E-state index in [9.17, 15) is 4.79 Å². The molecule has 0 aliphatic carbocycles. The third-order valence-corrected chi connectivity index (χ3v) is 3.85. The number of carbonyl (C=O) groups is 1. The van der Waals surface area contributed by atoms with E-state index in [-0.39, 0.29) is 18.5 Å². The van der Waals surface area contributed by atoms with Gasteiger partial charge in [0.05, 0.1) is 0 Å². The molecule has 2 aromatic carbocycles. The van der Waals surface area contributed by atoms with E-state index in [2.05, 4.69) is 21.9 Å². The maximum Gasteiger partial charge on any atom is 0.322 e. The normalized spacial score (nSPS) is 10.2. The van der Waals surface area contributed by atoms with E-state index in [0.717, 1.165) is 11.4 Å². The van der Waals surface area contributed by atoms with Gasteiger partial charge in [-0.1, -0.05) is 30.9 Å². The number of rotatable bonds is 9. The summed E-state index contributed by atoms with van der Waals surface area (Å²) in [5, 5.41) is 2.78. The number of amides is 1. The van der Waals surface area contributed by atoms with Crippen molar-refractivity contribution >= 4 is 11.6 Å². The van der Waals surface area contributed by atoms with Crippen molar-refractivity contribution in [2.24, 2.45) is 0 Å². The Labute approximate surface area is 175 Å². The molecule has 0 radical (unpaired) electrons. The maximum atomic E-state index is 12.3. The number of nitrogens with one attached hydrogen (secondary N) is 1. The summed E-state index contributed by atoms with van der Waals surface area (Å²) in [6.45, 7) is 7.55. The van der Waals surface area contributed by atoms with E-state index in [4.69, 9.17) is 14.2 Å². The largest absolute Gasteiger partial charge is 0.486 e. The number of para-hydroxylation sites is 2. The molecule has 0 unspecified atom stereocenters. The molecule has 3 rings (SSSR count). The second kappa shape index (κ2) is 10.1. The van der Waals surface area contributed by atoms with Crippen molar-refractivity contribution in [2.45, 2.75) is 13.8 Å². The number of ether oxygens (including phenoxy) is 3. The van der Waals surface area contributed by atoms with Crippen LogP contribution in [0.25, 0.3) is 0 Å². The zero-order valence-electron chi connectivity index (χ0n) is 16.9. The van der Waals surface area contributed by atoms with Gasteiger partial charge in [0.2, 0.25) is 0 Å². The Morgan fingerprint density at radius 2 is 1.70 bits per heavy atom. The lowest BCUT2D eigenvalue weighted by atomic mass is 10.3. The van der Waals surface area contributed by atoms with Gasteiger partial charge < -0.3 is 19.5 Å². The van der Waals surface area contributed by atoms with Gasteiger partial charge in [0.15, 0.2) is 18.1 Å². The van der Waals surface area contributed by atoms with Gasteiger partial charge in [0.25, 0.3) is 5.91 Å². The van der Waals surface area contributed by atoms with Gasteiger partial charge in [-0.3, -0.25) is 4.79 Å². The number of hydrogen-bond acceptors (Lipinski definition) is 6. The first kappa shape index (κ1) is 20.9. The van der Waals surface area contributed by atoms with Crippen molar-refractivity contribution in [3.05, 3.63) is 78.6 Å². The SMILES string of the molecule is C=CCOc1ccccc1OCC(=O)Nc1cccc(Oc2nc(C)cc(C)n2)c1. The molecular weight excluding hydrogens is 382 g/mol. The smallest absolute Gasteiger partial charge is 0.322 e. The van der Waals surface area contributed by atoms with E-state index in [1.54, 1.807) is 42.5 Å². The van der Waals surface area contributed by atoms with Crippen molar-refractivity contribution in [1.29, 1.82) is 0 Å². The molecule has 30 heavy (non-hydrogen) atoms. The predicted octanol–water partition coefficient (Wildman–Crippen LogP) is 4.47. The van der Waals surface area contributed by atoms with Crippen LogP contribution in [0.15, 0.2) is 67.3 Å². The Morgan fingerprint density at radius 3 is 2.40 bits per heavy atom. The summed E-state index contributed by atoms with van der Waals surface area (Å²) in [5.41, 5.74) is 2.20. The molecule has 1 amide bonds. The summed E-state index contributed by atoms with van der Waals surface area (Å²) in [4.78, 5) is 20.8. The number of anilines is 1. The lowest BCUT2D eigenvalue weighted by Gasteiger charge is -2.12. The standard InChI is InChI=1S/C23H23N3O4/c1-4-12-28-20-10-5-6-11-21(20)29-15-22(27)26-18-8-7-9-19(14-18)30-23-24-16(2)13-17(3)25-23/h4-11,13-14H,1,12,15H2,2-3H3,(H,26,27). The zero-order chi connectivity index (χ0) is 21.3. The van der Waals surface area contributed by atoms with Gasteiger partial charge in [-0.25, -0.2) is 9.97 Å². The highest BCUT2D eigenvalue weighted by molar-refractivity contribution is 5.92. The second-order valence-electron chi connectivity index (χ2n) is 6.45. The number of carbonyl (C=O) groups excluding carboxylic acids is 1. The lowest BCUT2D eigenvalue weighted by molar-refractivity contribution is -0.118. The number of aryl methyl sites for hydroxylation is 2. The number of hydrogen-bond donors (Lipinski definition) is 1. The number of nitrogens with zero attached hydrogens (tertiary/aromatic N) is 2. The van der Waals surface area contributed by atoms with Crippen LogP contribution >= 0.6 is 0 Å². The maximum absolute atomic E-state index is 12.3. The van der Waals surface area contributed by atoms with Crippen molar-refractivity contribution in [2.75, 3.05) is 18.5 Å². The fourth-order valence-electron chi connectivity index (χ4n) is 2.66. The van der Waals surface area contributed by atoms with Crippen LogP contribution in [0.1, 0.15) is 11.4 Å². The number of benzene rings is 2. The van der Waals surface area contributed by atoms with E-state index in [1.807, 2.05) is 32.0 Å². The van der Waals surface area contributed by atoms with Crippen LogP contribution < -0.4 is 19.5 Å². The van der Waals surface area contributed by atoms with Crippen LogP contribution in [-0.4, -0.2) is 29.1 Å². The molecule has 3 aromatic rings. The highest BCUT2D eigenvalue weighted by Gasteiger charge is 2.09. The van der Waals surface area contributed by atoms with E-state index in [0.29, 0.717) is 29.5 Å². The molecule has 154 valence electrons. The molecule has 1 heterocycles. The van der Waals surface area contributed by atoms with Crippen molar-refractivity contribution < 1.29 is 19.0 Å². The summed E-state index contributed by atoms with van der Waals surface area (Å²) < 4.78 is 16.8. The minimum atomic E-state index is -0.312. The summed E-state index contributed by atoms with van der Waals surface area (Å²) in [6.07, 6.45) is 1.64. The Morgan fingerprint density at radius 1 is 1.00 bits per heavy atom. The molecule has 0 aliphatic rings. The van der Waals surface area contributed by atoms with Gasteiger partial charge in [-0.05, 0) is 44.2 Å². The Bertz CT molecular complexity index is 1020. The molecule has 0 spiro atoms. The summed E-state index contributed by atoms with van der Waals surface area (Å²) >= 11 is 0. The summed E-state index contributed by atoms with van der Waals surface area (Å²) in [7, 11) is 0. The highest BCUT2D eigenvalue weighted by atomic mass is 16.5. The van der Waals surface area contributed by atoms with Crippen LogP contribution in [-0.2, 0) is 4.79 Å². The molecule has 7 nitrogen and oxygen atoms in total. The van der Waals surface area contributed by atoms with E-state index < -0.39 is 0 Å². The van der Waals surface area contributed by atoms with Gasteiger partial charge in [-0.15, -0.1) is 0 Å². The fourth-order valence-corrected chi connectivity index (χ4v) is 2.66. The average Bonchev–Trinajstić information content (AvgIpc) is 2.71. The summed E-state index contributed by atoms with van der Waals surface area (Å²) in [6, 6.07) is 16.3. The third-order valence-electron chi connectivity index (χ3n) is 3.85. The molecule has 0 fully saturated rings. The Hall–Kier alpha value is -3.87. The zero-order valence-corrected chi connectivity index (χ0v) is 16.9. The molecule has 0 saturated heterocycles. The van der Waals surface area contributed by atoms with Crippen molar-refractivity contribution in [3.8, 4) is 23.3 Å². The van der Waals surface area contributed by atoms with E-state index in [1.165, 1.54) is 0 Å². The first-order valence-corrected chi connectivity index (χ1v) is 9.39. The Kier molecular flexibility index (Phi) is 7.00. The van der Waals surface area contributed by atoms with E-state index >= 15 is 0 Å². The van der Waals surface area contributed by atoms with Crippen LogP contribution in [0, 0.1) is 13.8 Å². The molecule has 0 aliphatic heterocycles. The van der Waals surface area contributed by atoms with Crippen molar-refractivity contribution in [3.63, 3.8) is 0 Å². The van der Waals surface area contributed by atoms with Gasteiger partial charge in [-0.2, -0.15) is 0 Å². The molecule has 0 bridgehead atoms. The summed E-state index contributed by atoms with van der Waals surface area (Å²) in [5.74, 6) is 1.24. The number of aromatic nitrogens is 2. The predicted molar refractivity (Wildman–Crippen MR) is 114 cm³/mol. The van der Waals surface area contributed by atoms with Crippen LogP contribution in [0.2, 0.25) is 0 Å². The van der Waals surface area contributed by atoms with Gasteiger partial charge in [0.1, 0.15) is 12.4 Å². The molecular formula is C23H23N3O4. The van der Waals surface area contributed by atoms with Crippen LogP contribution in [0.5, 0.6) is 23.3 Å². The average molecular weight is 405 g/mol. The molecule has 1 aromatic heterocycles. The molecule has 0 saturated carbocycles.